The molecule has 1 saturated heterocycles. The third-order valence-corrected chi connectivity index (χ3v) is 4.95. The lowest BCUT2D eigenvalue weighted by molar-refractivity contribution is -0.139. The Labute approximate surface area is 140 Å². The zero-order chi connectivity index (χ0) is 16.7. The van der Waals surface area contributed by atoms with Crippen molar-refractivity contribution in [1.82, 2.24) is 5.32 Å². The standard InChI is InChI=1S/C17H23NO4S/c1-2-23-12-13-3-5-14(6-4-13)16(21)18-17(11-15(19)20)7-9-22-10-8-17/h3-6H,2,7-12H2,1H3,(H,18,21)(H,19,20). The van der Waals surface area contributed by atoms with E-state index >= 15 is 0 Å². The van der Waals surface area contributed by atoms with E-state index in [-0.39, 0.29) is 12.3 Å². The van der Waals surface area contributed by atoms with E-state index in [2.05, 4.69) is 12.2 Å². The fourth-order valence-corrected chi connectivity index (χ4v) is 3.32. The van der Waals surface area contributed by atoms with E-state index in [0.717, 1.165) is 11.5 Å². The van der Waals surface area contributed by atoms with Gasteiger partial charge in [0, 0.05) is 24.5 Å². The van der Waals surface area contributed by atoms with E-state index in [9.17, 15) is 9.59 Å². The van der Waals surface area contributed by atoms with Crippen LogP contribution in [0.25, 0.3) is 0 Å². The first-order valence-electron chi connectivity index (χ1n) is 7.83. The minimum absolute atomic E-state index is 0.0761. The topological polar surface area (TPSA) is 75.6 Å². The molecule has 1 heterocycles. The second-order valence-corrected chi connectivity index (χ2v) is 7.03. The highest BCUT2D eigenvalue weighted by molar-refractivity contribution is 7.98. The van der Waals surface area contributed by atoms with E-state index in [1.54, 1.807) is 12.1 Å². The highest BCUT2D eigenvalue weighted by Gasteiger charge is 2.36. The molecule has 1 aromatic carbocycles. The molecular formula is C17H23NO4S. The molecule has 1 aliphatic heterocycles. The summed E-state index contributed by atoms with van der Waals surface area (Å²) >= 11 is 1.83. The number of ether oxygens (including phenoxy) is 1. The van der Waals surface area contributed by atoms with Crippen molar-refractivity contribution < 1.29 is 19.4 Å². The molecule has 5 nitrogen and oxygen atoms in total. The van der Waals surface area contributed by atoms with Crippen LogP contribution in [0.3, 0.4) is 0 Å². The van der Waals surface area contributed by atoms with Crippen molar-refractivity contribution in [3.05, 3.63) is 35.4 Å². The number of benzene rings is 1. The van der Waals surface area contributed by atoms with Crippen molar-refractivity contribution in [1.29, 1.82) is 0 Å². The molecule has 0 atom stereocenters. The summed E-state index contributed by atoms with van der Waals surface area (Å²) in [4.78, 5) is 23.6. The van der Waals surface area contributed by atoms with Gasteiger partial charge in [-0.3, -0.25) is 9.59 Å². The average molecular weight is 337 g/mol. The summed E-state index contributed by atoms with van der Waals surface area (Å²) in [7, 11) is 0. The molecule has 0 radical (unpaired) electrons. The summed E-state index contributed by atoms with van der Waals surface area (Å²) in [6.07, 6.45) is 0.972. The van der Waals surface area contributed by atoms with E-state index in [1.165, 1.54) is 5.56 Å². The lowest BCUT2D eigenvalue weighted by Crippen LogP contribution is -2.53. The first-order valence-corrected chi connectivity index (χ1v) is 8.99. The summed E-state index contributed by atoms with van der Waals surface area (Å²) in [5, 5.41) is 12.1. The Morgan fingerprint density at radius 3 is 2.48 bits per heavy atom. The Morgan fingerprint density at radius 2 is 1.91 bits per heavy atom. The van der Waals surface area contributed by atoms with Crippen LogP contribution < -0.4 is 5.32 Å². The van der Waals surface area contributed by atoms with Gasteiger partial charge in [-0.2, -0.15) is 11.8 Å². The van der Waals surface area contributed by atoms with Crippen molar-refractivity contribution in [2.75, 3.05) is 19.0 Å². The van der Waals surface area contributed by atoms with Gasteiger partial charge in [0.2, 0.25) is 0 Å². The highest BCUT2D eigenvalue weighted by atomic mass is 32.2. The molecule has 6 heteroatoms. The smallest absolute Gasteiger partial charge is 0.305 e. The summed E-state index contributed by atoms with van der Waals surface area (Å²) in [6.45, 7) is 3.06. The molecule has 1 amide bonds. The number of aliphatic carboxylic acids is 1. The summed E-state index contributed by atoms with van der Waals surface area (Å²) < 4.78 is 5.30. The van der Waals surface area contributed by atoms with Crippen molar-refractivity contribution in [2.45, 2.75) is 37.5 Å². The molecular weight excluding hydrogens is 314 g/mol. The van der Waals surface area contributed by atoms with Crippen LogP contribution in [0, 0.1) is 0 Å². The molecule has 0 bridgehead atoms. The molecule has 0 spiro atoms. The number of hydrogen-bond donors (Lipinski definition) is 2. The van der Waals surface area contributed by atoms with Gasteiger partial charge < -0.3 is 15.2 Å². The van der Waals surface area contributed by atoms with E-state index in [0.29, 0.717) is 31.6 Å². The fourth-order valence-electron chi connectivity index (χ4n) is 2.68. The summed E-state index contributed by atoms with van der Waals surface area (Å²) in [5.74, 6) is 0.864. The number of thioether (sulfide) groups is 1. The van der Waals surface area contributed by atoms with Crippen LogP contribution in [0.2, 0.25) is 0 Å². The molecule has 0 aromatic heterocycles. The van der Waals surface area contributed by atoms with E-state index < -0.39 is 11.5 Å². The number of carbonyl (C=O) groups excluding carboxylic acids is 1. The second-order valence-electron chi connectivity index (χ2n) is 5.75. The number of carbonyl (C=O) groups is 2. The van der Waals surface area contributed by atoms with Crippen molar-refractivity contribution in [3.8, 4) is 0 Å². The van der Waals surface area contributed by atoms with Crippen molar-refractivity contribution >= 4 is 23.6 Å². The third-order valence-electron chi connectivity index (χ3n) is 4.01. The summed E-state index contributed by atoms with van der Waals surface area (Å²) in [5.41, 5.74) is 1.03. The zero-order valence-corrected chi connectivity index (χ0v) is 14.2. The molecule has 2 rings (SSSR count). The Balaban J connectivity index is 2.04. The number of nitrogens with one attached hydrogen (secondary N) is 1. The van der Waals surface area contributed by atoms with Gasteiger partial charge in [0.25, 0.3) is 5.91 Å². The van der Waals surface area contributed by atoms with Gasteiger partial charge in [-0.25, -0.2) is 0 Å². The molecule has 0 saturated carbocycles. The maximum atomic E-state index is 12.5. The van der Waals surface area contributed by atoms with Crippen molar-refractivity contribution in [3.63, 3.8) is 0 Å². The average Bonchev–Trinajstić information content (AvgIpc) is 2.53. The minimum atomic E-state index is -0.904. The largest absolute Gasteiger partial charge is 0.481 e. The summed E-state index contributed by atoms with van der Waals surface area (Å²) in [6, 6.07) is 7.50. The van der Waals surface area contributed by atoms with Gasteiger partial charge in [0.1, 0.15) is 0 Å². The number of hydrogen-bond acceptors (Lipinski definition) is 4. The first-order chi connectivity index (χ1) is 11.0. The molecule has 0 unspecified atom stereocenters. The van der Waals surface area contributed by atoms with E-state index in [4.69, 9.17) is 9.84 Å². The van der Waals surface area contributed by atoms with Crippen LogP contribution in [0.1, 0.15) is 42.1 Å². The normalized spacial score (nSPS) is 16.7. The quantitative estimate of drug-likeness (QED) is 0.800. The van der Waals surface area contributed by atoms with Crippen LogP contribution in [0.4, 0.5) is 0 Å². The van der Waals surface area contributed by atoms with Crippen molar-refractivity contribution in [2.24, 2.45) is 0 Å². The van der Waals surface area contributed by atoms with Gasteiger partial charge in [0.15, 0.2) is 0 Å². The van der Waals surface area contributed by atoms with Crippen LogP contribution in [-0.2, 0) is 15.3 Å². The Morgan fingerprint density at radius 1 is 1.26 bits per heavy atom. The molecule has 2 N–H and O–H groups in total. The third kappa shape index (κ3) is 5.25. The number of rotatable bonds is 7. The fraction of sp³-hybridized carbons (Fsp3) is 0.529. The lowest BCUT2D eigenvalue weighted by atomic mass is 9.86. The van der Waals surface area contributed by atoms with Crippen LogP contribution in [0.5, 0.6) is 0 Å². The molecule has 1 aromatic rings. The molecule has 1 fully saturated rings. The maximum Gasteiger partial charge on any atom is 0.305 e. The van der Waals surface area contributed by atoms with E-state index in [1.807, 2.05) is 23.9 Å². The van der Waals surface area contributed by atoms with Gasteiger partial charge in [-0.1, -0.05) is 19.1 Å². The predicted molar refractivity (Wildman–Crippen MR) is 90.8 cm³/mol. The monoisotopic (exact) mass is 337 g/mol. The maximum absolute atomic E-state index is 12.5. The SMILES string of the molecule is CCSCc1ccc(C(=O)NC2(CC(=O)O)CCOCC2)cc1. The van der Waals surface area contributed by atoms with Gasteiger partial charge in [-0.05, 0) is 36.3 Å². The Hall–Kier alpha value is -1.53. The zero-order valence-electron chi connectivity index (χ0n) is 13.3. The van der Waals surface area contributed by atoms with Gasteiger partial charge in [0.05, 0.1) is 12.0 Å². The van der Waals surface area contributed by atoms with Gasteiger partial charge in [-0.15, -0.1) is 0 Å². The van der Waals surface area contributed by atoms with Gasteiger partial charge >= 0.3 is 5.97 Å². The molecule has 23 heavy (non-hydrogen) atoms. The number of carboxylic acids is 1. The molecule has 1 aliphatic rings. The predicted octanol–water partition coefficient (Wildman–Crippen LogP) is 2.69. The molecule has 0 aliphatic carbocycles. The highest BCUT2D eigenvalue weighted by Crippen LogP contribution is 2.25. The van der Waals surface area contributed by atoms with Crippen LogP contribution in [0.15, 0.2) is 24.3 Å². The Kier molecular flexibility index (Phi) is 6.47. The first kappa shape index (κ1) is 17.8. The number of amides is 1. The lowest BCUT2D eigenvalue weighted by Gasteiger charge is -2.36. The minimum Gasteiger partial charge on any atom is -0.481 e. The van der Waals surface area contributed by atoms with Crippen LogP contribution >= 0.6 is 11.8 Å². The Bertz CT molecular complexity index is 538. The molecule has 126 valence electrons. The number of carboxylic acid groups (broad SMARTS) is 1. The van der Waals surface area contributed by atoms with Crippen LogP contribution in [-0.4, -0.2) is 41.5 Å². The second kappa shape index (κ2) is 8.36.